The third kappa shape index (κ3) is 2.52. The predicted octanol–water partition coefficient (Wildman–Crippen LogP) is 0.764. The molecule has 3 fully saturated rings. The molecule has 3 saturated heterocycles. The van der Waals surface area contributed by atoms with E-state index in [-0.39, 0.29) is 0 Å². The van der Waals surface area contributed by atoms with Crippen LogP contribution in [-0.2, 0) is 0 Å². The summed E-state index contributed by atoms with van der Waals surface area (Å²) in [7, 11) is 2.04. The molecule has 3 nitrogen and oxygen atoms in total. The lowest BCUT2D eigenvalue weighted by Gasteiger charge is -2.51. The second-order valence-electron chi connectivity index (χ2n) is 4.92. The van der Waals surface area contributed by atoms with Crippen molar-refractivity contribution in [2.24, 2.45) is 0 Å². The van der Waals surface area contributed by atoms with Crippen LogP contribution in [0.4, 0.5) is 0 Å². The van der Waals surface area contributed by atoms with E-state index in [9.17, 15) is 0 Å². The first-order valence-corrected chi connectivity index (χ1v) is 6.47. The van der Waals surface area contributed by atoms with E-state index >= 15 is 0 Å². The van der Waals surface area contributed by atoms with Gasteiger partial charge in [0.2, 0.25) is 0 Å². The number of likely N-dealkylation sites (N-methyl/N-ethyl adjacent to an activating group) is 1. The molecule has 88 valence electrons. The molecular weight excluding hydrogens is 186 g/mol. The van der Waals surface area contributed by atoms with Crippen LogP contribution in [0.5, 0.6) is 0 Å². The highest BCUT2D eigenvalue weighted by molar-refractivity contribution is 4.94. The Morgan fingerprint density at radius 3 is 2.33 bits per heavy atom. The summed E-state index contributed by atoms with van der Waals surface area (Å²) < 4.78 is 0. The summed E-state index contributed by atoms with van der Waals surface area (Å²) in [4.78, 5) is 5.39. The van der Waals surface area contributed by atoms with Gasteiger partial charge in [-0.15, -0.1) is 0 Å². The molecule has 0 aliphatic carbocycles. The quantitative estimate of drug-likeness (QED) is 0.678. The highest BCUT2D eigenvalue weighted by Crippen LogP contribution is 2.28. The molecule has 3 rings (SSSR count). The van der Waals surface area contributed by atoms with Gasteiger partial charge in [-0.25, -0.2) is 0 Å². The lowest BCUT2D eigenvalue weighted by atomic mass is 9.91. The molecule has 3 heterocycles. The number of nitrogens with one attached hydrogen (secondary N) is 1. The second-order valence-corrected chi connectivity index (χ2v) is 4.92. The molecule has 3 aliphatic heterocycles. The molecule has 15 heavy (non-hydrogen) atoms. The van der Waals surface area contributed by atoms with Crippen molar-refractivity contribution < 1.29 is 0 Å². The Hall–Kier alpha value is -0.120. The maximum atomic E-state index is 3.23. The zero-order valence-electron chi connectivity index (χ0n) is 10.2. The van der Waals surface area contributed by atoms with Crippen molar-refractivity contribution in [3.8, 4) is 0 Å². The minimum absolute atomic E-state index is 0.854. The SMILES string of the molecule is CCN1CC2CCC1CN2CCCNC. The van der Waals surface area contributed by atoms with Crippen molar-refractivity contribution in [2.45, 2.75) is 38.3 Å². The Labute approximate surface area is 93.8 Å². The molecule has 0 aromatic carbocycles. The van der Waals surface area contributed by atoms with Gasteiger partial charge in [0.25, 0.3) is 0 Å². The van der Waals surface area contributed by atoms with E-state index in [1.807, 2.05) is 7.05 Å². The van der Waals surface area contributed by atoms with E-state index < -0.39 is 0 Å². The van der Waals surface area contributed by atoms with Gasteiger partial charge in [-0.2, -0.15) is 0 Å². The molecule has 2 atom stereocenters. The first-order chi connectivity index (χ1) is 7.35. The second kappa shape index (κ2) is 5.28. The topological polar surface area (TPSA) is 18.5 Å². The van der Waals surface area contributed by atoms with E-state index in [2.05, 4.69) is 22.0 Å². The van der Waals surface area contributed by atoms with Gasteiger partial charge in [0, 0.05) is 25.2 Å². The summed E-state index contributed by atoms with van der Waals surface area (Å²) in [5.41, 5.74) is 0. The van der Waals surface area contributed by atoms with Crippen LogP contribution in [0.2, 0.25) is 0 Å². The Bertz CT molecular complexity index is 195. The van der Waals surface area contributed by atoms with Crippen LogP contribution in [0, 0.1) is 0 Å². The minimum Gasteiger partial charge on any atom is -0.320 e. The average Bonchev–Trinajstić information content (AvgIpc) is 2.30. The van der Waals surface area contributed by atoms with Crippen LogP contribution >= 0.6 is 0 Å². The molecule has 3 aliphatic rings. The van der Waals surface area contributed by atoms with E-state index in [4.69, 9.17) is 0 Å². The molecule has 0 amide bonds. The van der Waals surface area contributed by atoms with E-state index in [0.717, 1.165) is 18.6 Å². The number of hydrogen-bond donors (Lipinski definition) is 1. The average molecular weight is 211 g/mol. The fraction of sp³-hybridized carbons (Fsp3) is 1.00. The van der Waals surface area contributed by atoms with Crippen LogP contribution in [0.25, 0.3) is 0 Å². The molecule has 3 heteroatoms. The Morgan fingerprint density at radius 1 is 1.13 bits per heavy atom. The van der Waals surface area contributed by atoms with Crippen molar-refractivity contribution in [2.75, 3.05) is 39.8 Å². The van der Waals surface area contributed by atoms with Crippen LogP contribution < -0.4 is 5.32 Å². The lowest BCUT2D eigenvalue weighted by molar-refractivity contribution is -0.0179. The Morgan fingerprint density at radius 2 is 1.80 bits per heavy atom. The van der Waals surface area contributed by atoms with E-state index in [1.165, 1.54) is 45.4 Å². The summed E-state index contributed by atoms with van der Waals surface area (Å²) in [6.45, 7) is 8.63. The third-order valence-corrected chi connectivity index (χ3v) is 4.03. The Balaban J connectivity index is 1.80. The summed E-state index contributed by atoms with van der Waals surface area (Å²) in [6.07, 6.45) is 4.16. The Kier molecular flexibility index (Phi) is 4.00. The molecule has 0 radical (unpaired) electrons. The van der Waals surface area contributed by atoms with Crippen molar-refractivity contribution >= 4 is 0 Å². The number of nitrogens with zero attached hydrogens (tertiary/aromatic N) is 2. The van der Waals surface area contributed by atoms with Gasteiger partial charge >= 0.3 is 0 Å². The van der Waals surface area contributed by atoms with Crippen molar-refractivity contribution in [1.29, 1.82) is 0 Å². The molecule has 2 unspecified atom stereocenters. The predicted molar refractivity (Wildman–Crippen MR) is 64.2 cm³/mol. The molecule has 2 bridgehead atoms. The molecule has 0 aromatic rings. The smallest absolute Gasteiger partial charge is 0.0224 e. The lowest BCUT2D eigenvalue weighted by Crippen LogP contribution is -2.62. The standard InChI is InChI=1S/C12H25N3/c1-3-14-9-12-6-5-11(14)10-15(12)8-4-7-13-2/h11-13H,3-10H2,1-2H3. The van der Waals surface area contributed by atoms with Crippen LogP contribution in [0.1, 0.15) is 26.2 Å². The molecule has 0 aromatic heterocycles. The first-order valence-electron chi connectivity index (χ1n) is 6.47. The zero-order chi connectivity index (χ0) is 10.7. The largest absolute Gasteiger partial charge is 0.320 e. The van der Waals surface area contributed by atoms with Crippen LogP contribution in [0.3, 0.4) is 0 Å². The van der Waals surface area contributed by atoms with Crippen molar-refractivity contribution in [3.05, 3.63) is 0 Å². The molecular formula is C12H25N3. The fourth-order valence-corrected chi connectivity index (χ4v) is 3.12. The van der Waals surface area contributed by atoms with E-state index in [0.29, 0.717) is 0 Å². The monoisotopic (exact) mass is 211 g/mol. The first kappa shape index (κ1) is 11.4. The van der Waals surface area contributed by atoms with Crippen LogP contribution in [-0.4, -0.2) is 61.7 Å². The number of hydrogen-bond acceptors (Lipinski definition) is 3. The van der Waals surface area contributed by atoms with Crippen molar-refractivity contribution in [1.82, 2.24) is 15.1 Å². The summed E-state index contributed by atoms with van der Waals surface area (Å²) >= 11 is 0. The maximum absolute atomic E-state index is 3.23. The van der Waals surface area contributed by atoms with E-state index in [1.54, 1.807) is 0 Å². The third-order valence-electron chi connectivity index (χ3n) is 4.03. The molecule has 1 N–H and O–H groups in total. The zero-order valence-corrected chi connectivity index (χ0v) is 10.2. The normalized spacial score (nSPS) is 32.4. The van der Waals surface area contributed by atoms with Gasteiger partial charge in [-0.05, 0) is 45.9 Å². The van der Waals surface area contributed by atoms with Gasteiger partial charge in [0.1, 0.15) is 0 Å². The van der Waals surface area contributed by atoms with Gasteiger partial charge < -0.3 is 5.32 Å². The number of piperidine rings is 2. The summed E-state index contributed by atoms with van der Waals surface area (Å²) in [6, 6.07) is 1.71. The van der Waals surface area contributed by atoms with Gasteiger partial charge in [-0.1, -0.05) is 6.92 Å². The highest BCUT2D eigenvalue weighted by Gasteiger charge is 2.37. The number of rotatable bonds is 5. The molecule has 0 spiro atoms. The van der Waals surface area contributed by atoms with Gasteiger partial charge in [0.05, 0.1) is 0 Å². The number of piperazine rings is 1. The highest BCUT2D eigenvalue weighted by atomic mass is 15.3. The summed E-state index contributed by atoms with van der Waals surface area (Å²) in [5, 5.41) is 3.23. The minimum atomic E-state index is 0.854. The summed E-state index contributed by atoms with van der Waals surface area (Å²) in [5.74, 6) is 0. The maximum Gasteiger partial charge on any atom is 0.0224 e. The van der Waals surface area contributed by atoms with Crippen molar-refractivity contribution in [3.63, 3.8) is 0 Å². The fourth-order valence-electron chi connectivity index (χ4n) is 3.12. The van der Waals surface area contributed by atoms with Gasteiger partial charge in [0.15, 0.2) is 0 Å². The molecule has 0 saturated carbocycles. The van der Waals surface area contributed by atoms with Crippen LogP contribution in [0.15, 0.2) is 0 Å². The number of fused-ring (bicyclic) bond motifs is 3. The van der Waals surface area contributed by atoms with Gasteiger partial charge in [-0.3, -0.25) is 9.80 Å².